The van der Waals surface area contributed by atoms with E-state index in [0.717, 1.165) is 6.54 Å². The molecule has 2 heteroatoms. The zero-order valence-corrected chi connectivity index (χ0v) is 14.0. The SMILES string of the molecule is N#CC[C@@H]1CN1C(c1ccccc1)(c1ccccc1)c1ccccc1. The lowest BCUT2D eigenvalue weighted by Gasteiger charge is -2.38. The van der Waals surface area contributed by atoms with Gasteiger partial charge in [-0.25, -0.2) is 0 Å². The Morgan fingerprint density at radius 2 is 1.16 bits per heavy atom. The first-order valence-electron chi connectivity index (χ1n) is 8.67. The van der Waals surface area contributed by atoms with Crippen LogP contribution in [-0.4, -0.2) is 17.5 Å². The van der Waals surface area contributed by atoms with Crippen molar-refractivity contribution < 1.29 is 0 Å². The van der Waals surface area contributed by atoms with Crippen molar-refractivity contribution in [2.24, 2.45) is 0 Å². The number of hydrogen-bond acceptors (Lipinski definition) is 2. The molecule has 3 aromatic rings. The van der Waals surface area contributed by atoms with Crippen LogP contribution in [-0.2, 0) is 5.54 Å². The molecule has 0 spiro atoms. The summed E-state index contributed by atoms with van der Waals surface area (Å²) < 4.78 is 0. The maximum atomic E-state index is 9.20. The first-order chi connectivity index (χ1) is 12.4. The van der Waals surface area contributed by atoms with E-state index in [0.29, 0.717) is 12.5 Å². The topological polar surface area (TPSA) is 26.8 Å². The van der Waals surface area contributed by atoms with E-state index in [1.54, 1.807) is 0 Å². The third-order valence-electron chi connectivity index (χ3n) is 5.05. The number of nitrogens with zero attached hydrogens (tertiary/aromatic N) is 2. The van der Waals surface area contributed by atoms with Gasteiger partial charge in [-0.15, -0.1) is 0 Å². The third kappa shape index (κ3) is 2.63. The number of rotatable bonds is 5. The van der Waals surface area contributed by atoms with Gasteiger partial charge in [0.1, 0.15) is 0 Å². The molecule has 1 aliphatic heterocycles. The van der Waals surface area contributed by atoms with Gasteiger partial charge in [0.05, 0.1) is 18.0 Å². The molecule has 0 aliphatic carbocycles. The predicted molar refractivity (Wildman–Crippen MR) is 99.9 cm³/mol. The highest BCUT2D eigenvalue weighted by molar-refractivity contribution is 5.51. The van der Waals surface area contributed by atoms with Gasteiger partial charge >= 0.3 is 0 Å². The van der Waals surface area contributed by atoms with E-state index in [9.17, 15) is 5.26 Å². The van der Waals surface area contributed by atoms with Crippen molar-refractivity contribution in [3.05, 3.63) is 108 Å². The Labute approximate surface area is 149 Å². The largest absolute Gasteiger partial charge is 0.279 e. The summed E-state index contributed by atoms with van der Waals surface area (Å²) in [6, 6.07) is 34.6. The molecule has 1 fully saturated rings. The third-order valence-corrected chi connectivity index (χ3v) is 5.05. The Balaban J connectivity index is 1.98. The van der Waals surface area contributed by atoms with Crippen LogP contribution in [0.15, 0.2) is 91.0 Å². The molecule has 0 aromatic heterocycles. The molecular formula is C23H20N2. The van der Waals surface area contributed by atoms with Gasteiger partial charge in [0, 0.05) is 12.6 Å². The van der Waals surface area contributed by atoms with Crippen LogP contribution in [0.2, 0.25) is 0 Å². The lowest BCUT2D eigenvalue weighted by atomic mass is 9.76. The Morgan fingerprint density at radius 1 is 0.760 bits per heavy atom. The molecule has 0 N–H and O–H groups in total. The minimum atomic E-state index is -0.356. The van der Waals surface area contributed by atoms with E-state index in [1.165, 1.54) is 16.7 Å². The molecule has 1 unspecified atom stereocenters. The summed E-state index contributed by atoms with van der Waals surface area (Å²) in [7, 11) is 0. The van der Waals surface area contributed by atoms with Crippen molar-refractivity contribution in [3.63, 3.8) is 0 Å². The van der Waals surface area contributed by atoms with Gasteiger partial charge in [-0.2, -0.15) is 5.26 Å². The molecule has 3 aromatic carbocycles. The van der Waals surface area contributed by atoms with E-state index < -0.39 is 0 Å². The van der Waals surface area contributed by atoms with E-state index in [1.807, 2.05) is 0 Å². The summed E-state index contributed by atoms with van der Waals surface area (Å²) in [6.45, 7) is 0.937. The summed E-state index contributed by atoms with van der Waals surface area (Å²) in [5.74, 6) is 0. The van der Waals surface area contributed by atoms with Gasteiger partial charge < -0.3 is 0 Å². The van der Waals surface area contributed by atoms with Crippen LogP contribution in [0.5, 0.6) is 0 Å². The normalized spacial score (nSPS) is 19.2. The molecule has 0 saturated carbocycles. The molecule has 122 valence electrons. The van der Waals surface area contributed by atoms with E-state index >= 15 is 0 Å². The second-order valence-electron chi connectivity index (χ2n) is 6.48. The number of benzene rings is 3. The van der Waals surface area contributed by atoms with Gasteiger partial charge in [-0.05, 0) is 16.7 Å². The predicted octanol–water partition coefficient (Wildman–Crippen LogP) is 4.58. The Hall–Kier alpha value is -2.89. The summed E-state index contributed by atoms with van der Waals surface area (Å²) in [4.78, 5) is 2.45. The maximum Gasteiger partial charge on any atom is 0.0976 e. The minimum Gasteiger partial charge on any atom is -0.279 e. The second kappa shape index (κ2) is 6.55. The van der Waals surface area contributed by atoms with Crippen LogP contribution in [0, 0.1) is 11.3 Å². The first kappa shape index (κ1) is 15.6. The molecule has 2 nitrogen and oxygen atoms in total. The average molecular weight is 324 g/mol. The van der Waals surface area contributed by atoms with E-state index in [4.69, 9.17) is 0 Å². The summed E-state index contributed by atoms with van der Waals surface area (Å²) in [5, 5.41) is 9.20. The molecule has 1 aliphatic rings. The lowest BCUT2D eigenvalue weighted by molar-refractivity contribution is 0.322. The van der Waals surface area contributed by atoms with Crippen LogP contribution in [0.1, 0.15) is 23.1 Å². The van der Waals surface area contributed by atoms with Crippen molar-refractivity contribution in [3.8, 4) is 6.07 Å². The van der Waals surface area contributed by atoms with E-state index in [2.05, 4.69) is 102 Å². The zero-order chi connectivity index (χ0) is 17.1. The van der Waals surface area contributed by atoms with Crippen LogP contribution in [0.3, 0.4) is 0 Å². The highest BCUT2D eigenvalue weighted by Crippen LogP contribution is 2.48. The van der Waals surface area contributed by atoms with Crippen molar-refractivity contribution in [2.75, 3.05) is 6.54 Å². The van der Waals surface area contributed by atoms with Crippen LogP contribution < -0.4 is 0 Å². The molecule has 25 heavy (non-hydrogen) atoms. The fourth-order valence-electron chi connectivity index (χ4n) is 3.91. The molecule has 4 rings (SSSR count). The smallest absolute Gasteiger partial charge is 0.0976 e. The van der Waals surface area contributed by atoms with Gasteiger partial charge in [-0.3, -0.25) is 4.90 Å². The lowest BCUT2D eigenvalue weighted by Crippen LogP contribution is -2.39. The van der Waals surface area contributed by atoms with Gasteiger partial charge in [-0.1, -0.05) is 91.0 Å². The molecule has 0 amide bonds. The zero-order valence-electron chi connectivity index (χ0n) is 14.0. The Bertz CT molecular complexity index is 770. The molecule has 1 saturated heterocycles. The van der Waals surface area contributed by atoms with E-state index in [-0.39, 0.29) is 5.54 Å². The fourth-order valence-corrected chi connectivity index (χ4v) is 3.91. The highest BCUT2D eigenvalue weighted by Gasteiger charge is 2.52. The van der Waals surface area contributed by atoms with Crippen molar-refractivity contribution >= 4 is 0 Å². The van der Waals surface area contributed by atoms with Crippen LogP contribution in [0.25, 0.3) is 0 Å². The average Bonchev–Trinajstić information content (AvgIpc) is 3.45. The van der Waals surface area contributed by atoms with Crippen LogP contribution >= 0.6 is 0 Å². The molecule has 0 bridgehead atoms. The first-order valence-corrected chi connectivity index (χ1v) is 8.67. The molecule has 1 heterocycles. The van der Waals surface area contributed by atoms with Crippen molar-refractivity contribution in [1.29, 1.82) is 5.26 Å². The van der Waals surface area contributed by atoms with Gasteiger partial charge in [0.2, 0.25) is 0 Å². The summed E-state index contributed by atoms with van der Waals surface area (Å²) >= 11 is 0. The minimum absolute atomic E-state index is 0.297. The van der Waals surface area contributed by atoms with Crippen molar-refractivity contribution in [2.45, 2.75) is 18.0 Å². The maximum absolute atomic E-state index is 9.20. The van der Waals surface area contributed by atoms with Crippen molar-refractivity contribution in [1.82, 2.24) is 4.90 Å². The quantitative estimate of drug-likeness (QED) is 0.507. The molecule has 2 atom stereocenters. The fraction of sp³-hybridized carbons (Fsp3) is 0.174. The molecular weight excluding hydrogens is 304 g/mol. The standard InChI is InChI=1S/C23H20N2/c24-17-16-22-18-25(22)23(19-10-4-1-5-11-19,20-12-6-2-7-13-20)21-14-8-3-9-15-21/h1-15,22H,16,18H2/t22-,25?/m1/s1. The van der Waals surface area contributed by atoms with Gasteiger partial charge in [0.25, 0.3) is 0 Å². The Morgan fingerprint density at radius 3 is 1.52 bits per heavy atom. The summed E-state index contributed by atoms with van der Waals surface area (Å²) in [6.07, 6.45) is 0.564. The van der Waals surface area contributed by atoms with Gasteiger partial charge in [0.15, 0.2) is 0 Å². The van der Waals surface area contributed by atoms with Crippen LogP contribution in [0.4, 0.5) is 0 Å². The number of hydrogen-bond donors (Lipinski definition) is 0. The molecule has 0 radical (unpaired) electrons. The monoisotopic (exact) mass is 324 g/mol. The summed E-state index contributed by atoms with van der Waals surface area (Å²) in [5.41, 5.74) is 3.37. The second-order valence-corrected chi connectivity index (χ2v) is 6.48. The number of nitriles is 1. The Kier molecular flexibility index (Phi) is 4.09. The highest BCUT2D eigenvalue weighted by atomic mass is 15.4.